The molecule has 0 aliphatic rings. The first-order valence-electron chi connectivity index (χ1n) is 7.55. The normalized spacial score (nSPS) is 11.8. The average Bonchev–Trinajstić information content (AvgIpc) is 2.55. The number of nitrogens with one attached hydrogen (secondary N) is 1. The largest absolute Gasteiger partial charge is 0.352 e. The summed E-state index contributed by atoms with van der Waals surface area (Å²) >= 11 is 1.30. The fourth-order valence-electron chi connectivity index (χ4n) is 2.04. The van der Waals surface area contributed by atoms with Crippen LogP contribution in [0, 0.1) is 12.7 Å². The summed E-state index contributed by atoms with van der Waals surface area (Å²) in [5.74, 6) is -0.605. The van der Waals surface area contributed by atoms with Gasteiger partial charge in [0.15, 0.2) is 0 Å². The van der Waals surface area contributed by atoms with Gasteiger partial charge in [-0.15, -0.1) is 0 Å². The zero-order valence-electron chi connectivity index (χ0n) is 13.6. The highest BCUT2D eigenvalue weighted by Crippen LogP contribution is 2.26. The maximum absolute atomic E-state index is 12.9. The Hall–Kier alpha value is -2.21. The summed E-state index contributed by atoms with van der Waals surface area (Å²) in [4.78, 5) is 28.2. The number of amides is 1. The average molecular weight is 346 g/mol. The Balaban J connectivity index is 1.92. The molecular formula is C18H19FN2O2S. The molecule has 0 radical (unpaired) electrons. The number of hydrogen-bond donors (Lipinski definition) is 1. The SMILES string of the molecule is CC(=O)C(CC(=O)NCc1ccc(F)cc1)Sc1ncccc1C. The third-order valence-corrected chi connectivity index (χ3v) is 4.88. The number of carbonyl (C=O) groups excluding carboxylic acids is 2. The second-order valence-corrected chi connectivity index (χ2v) is 6.64. The van der Waals surface area contributed by atoms with E-state index in [4.69, 9.17) is 0 Å². The lowest BCUT2D eigenvalue weighted by molar-refractivity contribution is -0.124. The lowest BCUT2D eigenvalue weighted by atomic mass is 10.2. The van der Waals surface area contributed by atoms with E-state index >= 15 is 0 Å². The highest BCUT2D eigenvalue weighted by atomic mass is 32.2. The Kier molecular flexibility index (Phi) is 6.49. The van der Waals surface area contributed by atoms with Crippen molar-refractivity contribution in [3.63, 3.8) is 0 Å². The van der Waals surface area contributed by atoms with Crippen molar-refractivity contribution in [2.75, 3.05) is 0 Å². The molecule has 1 atom stereocenters. The van der Waals surface area contributed by atoms with E-state index in [0.29, 0.717) is 6.54 Å². The quantitative estimate of drug-likeness (QED) is 0.782. The number of halogens is 1. The van der Waals surface area contributed by atoms with E-state index in [0.717, 1.165) is 16.2 Å². The van der Waals surface area contributed by atoms with Gasteiger partial charge in [0.25, 0.3) is 0 Å². The number of rotatable bonds is 7. The molecule has 1 unspecified atom stereocenters. The number of aryl methyl sites for hydroxylation is 1. The molecule has 1 amide bonds. The van der Waals surface area contributed by atoms with Gasteiger partial charge in [-0.05, 0) is 43.2 Å². The first-order valence-corrected chi connectivity index (χ1v) is 8.43. The number of carbonyl (C=O) groups is 2. The fraction of sp³-hybridized carbons (Fsp3) is 0.278. The van der Waals surface area contributed by atoms with E-state index in [1.54, 1.807) is 18.3 Å². The van der Waals surface area contributed by atoms with E-state index in [1.165, 1.54) is 30.8 Å². The minimum atomic E-state index is -0.480. The molecule has 0 saturated heterocycles. The Morgan fingerprint density at radius 1 is 1.25 bits per heavy atom. The first kappa shape index (κ1) is 18.1. The number of pyridine rings is 1. The van der Waals surface area contributed by atoms with E-state index in [-0.39, 0.29) is 23.9 Å². The molecule has 1 N–H and O–H groups in total. The molecular weight excluding hydrogens is 327 g/mol. The monoisotopic (exact) mass is 346 g/mol. The third kappa shape index (κ3) is 5.45. The molecule has 126 valence electrons. The maximum Gasteiger partial charge on any atom is 0.221 e. The van der Waals surface area contributed by atoms with Crippen molar-refractivity contribution in [1.82, 2.24) is 10.3 Å². The van der Waals surface area contributed by atoms with Crippen LogP contribution in [0.1, 0.15) is 24.5 Å². The summed E-state index contributed by atoms with van der Waals surface area (Å²) in [6.07, 6.45) is 1.75. The van der Waals surface area contributed by atoms with E-state index in [1.807, 2.05) is 19.1 Å². The predicted molar refractivity (Wildman–Crippen MR) is 92.2 cm³/mol. The van der Waals surface area contributed by atoms with Crippen molar-refractivity contribution in [1.29, 1.82) is 0 Å². The van der Waals surface area contributed by atoms with Gasteiger partial charge in [-0.25, -0.2) is 9.37 Å². The number of thioether (sulfide) groups is 1. The molecule has 2 aromatic rings. The third-order valence-electron chi connectivity index (χ3n) is 3.44. The van der Waals surface area contributed by atoms with E-state index in [2.05, 4.69) is 10.3 Å². The van der Waals surface area contributed by atoms with Crippen LogP contribution in [0.4, 0.5) is 4.39 Å². The molecule has 0 aliphatic carbocycles. The van der Waals surface area contributed by atoms with Crippen LogP contribution >= 0.6 is 11.8 Å². The summed E-state index contributed by atoms with van der Waals surface area (Å²) in [5.41, 5.74) is 1.78. The zero-order valence-corrected chi connectivity index (χ0v) is 14.4. The molecule has 0 saturated carbocycles. The van der Waals surface area contributed by atoms with Gasteiger partial charge in [0, 0.05) is 19.2 Å². The van der Waals surface area contributed by atoms with Crippen LogP contribution in [-0.4, -0.2) is 21.9 Å². The minimum absolute atomic E-state index is 0.0676. The molecule has 24 heavy (non-hydrogen) atoms. The highest BCUT2D eigenvalue weighted by molar-refractivity contribution is 8.00. The summed E-state index contributed by atoms with van der Waals surface area (Å²) in [6, 6.07) is 9.67. The van der Waals surface area contributed by atoms with Crippen molar-refractivity contribution in [2.24, 2.45) is 0 Å². The second kappa shape index (κ2) is 8.59. The van der Waals surface area contributed by atoms with Gasteiger partial charge >= 0.3 is 0 Å². The number of aromatic nitrogens is 1. The molecule has 1 aromatic carbocycles. The lowest BCUT2D eigenvalue weighted by Gasteiger charge is -2.14. The van der Waals surface area contributed by atoms with Gasteiger partial charge in [-0.2, -0.15) is 0 Å². The van der Waals surface area contributed by atoms with Crippen LogP contribution in [0.3, 0.4) is 0 Å². The van der Waals surface area contributed by atoms with E-state index in [9.17, 15) is 14.0 Å². The van der Waals surface area contributed by atoms with Gasteiger partial charge in [-0.3, -0.25) is 9.59 Å². The van der Waals surface area contributed by atoms with Crippen LogP contribution in [0.25, 0.3) is 0 Å². The number of benzene rings is 1. The summed E-state index contributed by atoms with van der Waals surface area (Å²) in [6.45, 7) is 3.70. The Bertz CT molecular complexity index is 719. The molecule has 2 rings (SSSR count). The summed E-state index contributed by atoms with van der Waals surface area (Å²) < 4.78 is 12.9. The number of ketones is 1. The second-order valence-electron chi connectivity index (χ2n) is 5.45. The Labute approximate surface area is 144 Å². The Morgan fingerprint density at radius 2 is 1.96 bits per heavy atom. The smallest absolute Gasteiger partial charge is 0.221 e. The summed E-state index contributed by atoms with van der Waals surface area (Å²) in [5, 5.41) is 3.03. The van der Waals surface area contributed by atoms with Gasteiger partial charge in [0.2, 0.25) is 5.91 Å². The molecule has 6 heteroatoms. The molecule has 1 aromatic heterocycles. The number of Topliss-reactive ketones (excluding diaryl/α,β-unsaturated/α-hetero) is 1. The highest BCUT2D eigenvalue weighted by Gasteiger charge is 2.21. The standard InChI is InChI=1S/C18H19FN2O2S/c1-12-4-3-9-20-18(12)24-16(13(2)22)10-17(23)21-11-14-5-7-15(19)8-6-14/h3-9,16H,10-11H2,1-2H3,(H,21,23). The topological polar surface area (TPSA) is 59.1 Å². The first-order chi connectivity index (χ1) is 11.5. The fourth-order valence-corrected chi connectivity index (χ4v) is 3.09. The zero-order chi connectivity index (χ0) is 17.5. The van der Waals surface area contributed by atoms with Crippen LogP contribution in [0.2, 0.25) is 0 Å². The van der Waals surface area contributed by atoms with Crippen molar-refractivity contribution >= 4 is 23.5 Å². The molecule has 1 heterocycles. The van der Waals surface area contributed by atoms with Crippen molar-refractivity contribution < 1.29 is 14.0 Å². The Morgan fingerprint density at radius 3 is 2.58 bits per heavy atom. The van der Waals surface area contributed by atoms with Gasteiger partial charge < -0.3 is 5.32 Å². The van der Waals surface area contributed by atoms with Crippen molar-refractivity contribution in [3.8, 4) is 0 Å². The molecule has 0 spiro atoms. The molecule has 4 nitrogen and oxygen atoms in total. The maximum atomic E-state index is 12.9. The van der Waals surface area contributed by atoms with Gasteiger partial charge in [0.05, 0.1) is 10.3 Å². The van der Waals surface area contributed by atoms with Gasteiger partial charge in [-0.1, -0.05) is 30.0 Å². The summed E-state index contributed by atoms with van der Waals surface area (Å²) in [7, 11) is 0. The number of hydrogen-bond acceptors (Lipinski definition) is 4. The van der Waals surface area contributed by atoms with Crippen LogP contribution in [0.15, 0.2) is 47.6 Å². The van der Waals surface area contributed by atoms with Crippen molar-refractivity contribution in [3.05, 3.63) is 59.5 Å². The molecule has 0 aliphatic heterocycles. The number of nitrogens with zero attached hydrogens (tertiary/aromatic N) is 1. The minimum Gasteiger partial charge on any atom is -0.352 e. The molecule has 0 bridgehead atoms. The van der Waals surface area contributed by atoms with Crippen molar-refractivity contribution in [2.45, 2.75) is 37.1 Å². The van der Waals surface area contributed by atoms with Gasteiger partial charge in [0.1, 0.15) is 11.6 Å². The van der Waals surface area contributed by atoms with E-state index < -0.39 is 5.25 Å². The lowest BCUT2D eigenvalue weighted by Crippen LogP contribution is -2.28. The van der Waals surface area contributed by atoms with Crippen LogP contribution in [0.5, 0.6) is 0 Å². The van der Waals surface area contributed by atoms with Crippen LogP contribution < -0.4 is 5.32 Å². The van der Waals surface area contributed by atoms with Crippen LogP contribution in [-0.2, 0) is 16.1 Å². The predicted octanol–water partition coefficient (Wildman–Crippen LogP) is 3.29. The molecule has 0 fully saturated rings.